The molecule has 0 aliphatic heterocycles. The van der Waals surface area contributed by atoms with E-state index >= 15 is 0 Å². The lowest BCUT2D eigenvalue weighted by atomic mass is 9.84. The molecule has 0 saturated carbocycles. The van der Waals surface area contributed by atoms with Crippen molar-refractivity contribution < 1.29 is 32.2 Å². The number of sulfone groups is 1. The van der Waals surface area contributed by atoms with Crippen LogP contribution in [0.2, 0.25) is 0 Å². The molecule has 1 aromatic rings. The third-order valence-corrected chi connectivity index (χ3v) is 6.21. The number of nitrogens with one attached hydrogen (secondary N) is 1. The number of amides is 1. The Morgan fingerprint density at radius 3 is 2.17 bits per heavy atom. The lowest BCUT2D eigenvalue weighted by molar-refractivity contribution is -0.155. The van der Waals surface area contributed by atoms with Gasteiger partial charge in [0.25, 0.3) is 0 Å². The number of hydrogen-bond acceptors (Lipinski definition) is 8. The Morgan fingerprint density at radius 1 is 1.00 bits per heavy atom. The van der Waals surface area contributed by atoms with Gasteiger partial charge in [0.15, 0.2) is 0 Å². The van der Waals surface area contributed by atoms with Crippen molar-refractivity contribution in [3.05, 3.63) is 41.3 Å². The van der Waals surface area contributed by atoms with E-state index in [4.69, 9.17) is 19.5 Å². The van der Waals surface area contributed by atoms with E-state index in [9.17, 15) is 18.0 Å². The third-order valence-electron chi connectivity index (χ3n) is 4.79. The molecule has 1 N–H and O–H groups in total. The van der Waals surface area contributed by atoms with Gasteiger partial charge < -0.3 is 19.5 Å². The smallest absolute Gasteiger partial charge is 0.306 e. The quantitative estimate of drug-likeness (QED) is 0.230. The SMILES string of the molecule is CC(C)(C)OC(=O)CCCOCCOCCNC(=O)C(C)(C)c1ccc(S(=O)(=O)/C=C/C#N)cc1. The van der Waals surface area contributed by atoms with Crippen molar-refractivity contribution in [2.24, 2.45) is 0 Å². The first-order valence-electron chi connectivity index (χ1n) is 11.4. The van der Waals surface area contributed by atoms with Crippen LogP contribution in [-0.2, 0) is 39.1 Å². The molecule has 10 heteroatoms. The molecule has 1 rings (SSSR count). The zero-order valence-corrected chi connectivity index (χ0v) is 21.9. The zero-order chi connectivity index (χ0) is 26.5. The summed E-state index contributed by atoms with van der Waals surface area (Å²) in [4.78, 5) is 24.3. The largest absolute Gasteiger partial charge is 0.460 e. The van der Waals surface area contributed by atoms with E-state index in [1.807, 2.05) is 20.8 Å². The van der Waals surface area contributed by atoms with E-state index in [1.54, 1.807) is 32.0 Å². The highest BCUT2D eigenvalue weighted by atomic mass is 32.2. The van der Waals surface area contributed by atoms with Gasteiger partial charge in [-0.25, -0.2) is 8.42 Å². The van der Waals surface area contributed by atoms with Crippen molar-refractivity contribution in [1.29, 1.82) is 5.26 Å². The predicted molar refractivity (Wildman–Crippen MR) is 131 cm³/mol. The van der Waals surface area contributed by atoms with Gasteiger partial charge in [-0.15, -0.1) is 0 Å². The fourth-order valence-electron chi connectivity index (χ4n) is 2.88. The highest BCUT2D eigenvalue weighted by Crippen LogP contribution is 2.25. The Kier molecular flexibility index (Phi) is 12.1. The summed E-state index contributed by atoms with van der Waals surface area (Å²) >= 11 is 0. The number of ether oxygens (including phenoxy) is 3. The number of nitrogens with zero attached hydrogens (tertiary/aromatic N) is 1. The Hall–Kier alpha value is -2.74. The lowest BCUT2D eigenvalue weighted by Gasteiger charge is -2.24. The molecule has 0 radical (unpaired) electrons. The molecule has 9 nitrogen and oxygen atoms in total. The molecular formula is C25H36N2O7S. The van der Waals surface area contributed by atoms with Gasteiger partial charge in [0.1, 0.15) is 5.60 Å². The molecular weight excluding hydrogens is 472 g/mol. The molecule has 0 saturated heterocycles. The number of benzene rings is 1. The van der Waals surface area contributed by atoms with Crippen molar-refractivity contribution in [3.8, 4) is 6.07 Å². The van der Waals surface area contributed by atoms with Crippen molar-refractivity contribution in [3.63, 3.8) is 0 Å². The molecule has 0 unspecified atom stereocenters. The van der Waals surface area contributed by atoms with Gasteiger partial charge in [-0.2, -0.15) is 5.26 Å². The van der Waals surface area contributed by atoms with Crippen LogP contribution in [0.1, 0.15) is 53.0 Å². The number of nitriles is 1. The maximum absolute atomic E-state index is 12.6. The van der Waals surface area contributed by atoms with Gasteiger partial charge in [-0.1, -0.05) is 12.1 Å². The molecule has 0 bridgehead atoms. The summed E-state index contributed by atoms with van der Waals surface area (Å²) in [7, 11) is -3.70. The van der Waals surface area contributed by atoms with Crippen LogP contribution in [0.4, 0.5) is 0 Å². The summed E-state index contributed by atoms with van der Waals surface area (Å²) in [5, 5.41) is 12.2. The van der Waals surface area contributed by atoms with Gasteiger partial charge >= 0.3 is 5.97 Å². The molecule has 0 aliphatic rings. The first-order valence-corrected chi connectivity index (χ1v) is 12.9. The monoisotopic (exact) mass is 508 g/mol. The number of allylic oxidation sites excluding steroid dienone is 1. The average Bonchev–Trinajstić information content (AvgIpc) is 2.77. The summed E-state index contributed by atoms with van der Waals surface area (Å²) in [6.07, 6.45) is 1.78. The van der Waals surface area contributed by atoms with E-state index < -0.39 is 20.9 Å². The van der Waals surface area contributed by atoms with E-state index in [0.29, 0.717) is 51.4 Å². The van der Waals surface area contributed by atoms with Crippen molar-refractivity contribution in [2.75, 3.05) is 33.0 Å². The minimum atomic E-state index is -3.70. The van der Waals surface area contributed by atoms with Gasteiger partial charge in [0.05, 0.1) is 36.2 Å². The molecule has 0 aliphatic carbocycles. The third kappa shape index (κ3) is 11.5. The standard InChI is InChI=1S/C25H36N2O7S/c1-24(2,3)34-22(28)8-6-15-32-17-18-33-16-14-27-23(29)25(4,5)20-9-11-21(12-10-20)35(30,31)19-7-13-26/h7,9-12,19H,6,8,14-18H2,1-5H3,(H,27,29)/b19-7+. The lowest BCUT2D eigenvalue weighted by Crippen LogP contribution is -2.41. The average molecular weight is 509 g/mol. The van der Waals surface area contributed by atoms with Crippen LogP contribution in [0.15, 0.2) is 40.6 Å². The second-order valence-electron chi connectivity index (χ2n) is 9.30. The maximum Gasteiger partial charge on any atom is 0.306 e. The maximum atomic E-state index is 12.6. The molecule has 0 atom stereocenters. The molecule has 0 heterocycles. The Balaban J connectivity index is 2.30. The van der Waals surface area contributed by atoms with Crippen LogP contribution in [0.5, 0.6) is 0 Å². The van der Waals surface area contributed by atoms with Crippen molar-refractivity contribution in [2.45, 2.75) is 63.4 Å². The van der Waals surface area contributed by atoms with Crippen LogP contribution in [0.25, 0.3) is 0 Å². The number of esters is 1. The Morgan fingerprint density at radius 2 is 1.60 bits per heavy atom. The zero-order valence-electron chi connectivity index (χ0n) is 21.1. The molecule has 35 heavy (non-hydrogen) atoms. The van der Waals surface area contributed by atoms with E-state index in [1.165, 1.54) is 12.1 Å². The van der Waals surface area contributed by atoms with Crippen LogP contribution >= 0.6 is 0 Å². The first-order chi connectivity index (χ1) is 16.3. The first kappa shape index (κ1) is 30.3. The fourth-order valence-corrected chi connectivity index (χ4v) is 3.79. The second kappa shape index (κ2) is 14.0. The Labute approximate surface area is 208 Å². The molecule has 0 spiro atoms. The number of carbonyl (C=O) groups is 2. The van der Waals surface area contributed by atoms with Crippen LogP contribution in [0, 0.1) is 11.3 Å². The topological polar surface area (TPSA) is 132 Å². The summed E-state index contributed by atoms with van der Waals surface area (Å²) < 4.78 is 40.3. The van der Waals surface area contributed by atoms with Crippen LogP contribution < -0.4 is 5.32 Å². The van der Waals surface area contributed by atoms with Crippen molar-refractivity contribution >= 4 is 21.7 Å². The minimum Gasteiger partial charge on any atom is -0.460 e. The molecule has 0 fully saturated rings. The van der Waals surface area contributed by atoms with E-state index in [2.05, 4.69) is 5.32 Å². The number of carbonyl (C=O) groups excluding carboxylic acids is 2. The number of rotatable bonds is 14. The normalized spacial score (nSPS) is 12.3. The van der Waals surface area contributed by atoms with Gasteiger partial charge in [0.2, 0.25) is 15.7 Å². The highest BCUT2D eigenvalue weighted by molar-refractivity contribution is 7.94. The van der Waals surface area contributed by atoms with Crippen molar-refractivity contribution in [1.82, 2.24) is 5.32 Å². The molecule has 194 valence electrons. The minimum absolute atomic E-state index is 0.0458. The summed E-state index contributed by atoms with van der Waals surface area (Å²) in [6, 6.07) is 7.65. The molecule has 0 aromatic heterocycles. The predicted octanol–water partition coefficient (Wildman–Crippen LogP) is 3.05. The summed E-state index contributed by atoms with van der Waals surface area (Å²) in [5.41, 5.74) is -0.720. The highest BCUT2D eigenvalue weighted by Gasteiger charge is 2.29. The van der Waals surface area contributed by atoms with Gasteiger partial charge in [0, 0.05) is 31.1 Å². The fraction of sp³-hybridized carbons (Fsp3) is 0.560. The second-order valence-corrected chi connectivity index (χ2v) is 11.1. The molecule has 1 amide bonds. The van der Waals surface area contributed by atoms with Gasteiger partial charge in [-0.05, 0) is 58.7 Å². The summed E-state index contributed by atoms with van der Waals surface area (Å²) in [5.74, 6) is -0.468. The summed E-state index contributed by atoms with van der Waals surface area (Å²) in [6.45, 7) is 10.8. The van der Waals surface area contributed by atoms with E-state index in [-0.39, 0.29) is 16.8 Å². The number of hydrogen-bond donors (Lipinski definition) is 1. The van der Waals surface area contributed by atoms with E-state index in [0.717, 1.165) is 11.5 Å². The van der Waals surface area contributed by atoms with Gasteiger partial charge in [-0.3, -0.25) is 9.59 Å². The Bertz CT molecular complexity index is 1000. The van der Waals surface area contributed by atoms with Crippen LogP contribution in [0.3, 0.4) is 0 Å². The van der Waals surface area contributed by atoms with Crippen LogP contribution in [-0.4, -0.2) is 58.9 Å². The molecule has 1 aromatic carbocycles.